The highest BCUT2D eigenvalue weighted by molar-refractivity contribution is 6.27. The van der Waals surface area contributed by atoms with Gasteiger partial charge in [-0.25, -0.2) is 0 Å². The van der Waals surface area contributed by atoms with Gasteiger partial charge in [-0.15, -0.1) is 0 Å². The summed E-state index contributed by atoms with van der Waals surface area (Å²) in [4.78, 5) is 2.41. The fourth-order valence-electron chi connectivity index (χ4n) is 6.18. The summed E-state index contributed by atoms with van der Waals surface area (Å²) in [5.41, 5.74) is 3.47. The molecule has 8 aromatic carbocycles. The molecule has 39 heavy (non-hydrogen) atoms. The average Bonchev–Trinajstić information content (AvgIpc) is 3.01. The zero-order valence-corrected chi connectivity index (χ0v) is 21.4. The Kier molecular flexibility index (Phi) is 4.89. The van der Waals surface area contributed by atoms with E-state index in [-0.39, 0.29) is 0 Å². The van der Waals surface area contributed by atoms with E-state index in [0.29, 0.717) is 0 Å². The molecule has 1 nitrogen and oxygen atoms in total. The predicted molar refractivity (Wildman–Crippen MR) is 169 cm³/mol. The van der Waals surface area contributed by atoms with Gasteiger partial charge in [0, 0.05) is 16.8 Å². The van der Waals surface area contributed by atoms with Crippen LogP contribution in [0.15, 0.2) is 152 Å². The molecule has 0 N–H and O–H groups in total. The summed E-state index contributed by atoms with van der Waals surface area (Å²) >= 11 is 0. The second kappa shape index (κ2) is 8.72. The fraction of sp³-hybridized carbons (Fsp3) is 0. The number of nitrogens with zero attached hydrogens (tertiary/aromatic N) is 1. The van der Waals surface area contributed by atoms with Crippen LogP contribution in [0.4, 0.5) is 17.1 Å². The molecule has 0 aliphatic rings. The van der Waals surface area contributed by atoms with Gasteiger partial charge in [-0.2, -0.15) is 0 Å². The molecule has 0 aliphatic carbocycles. The van der Waals surface area contributed by atoms with Crippen molar-refractivity contribution in [3.63, 3.8) is 0 Å². The molecule has 0 heterocycles. The SMILES string of the molecule is c1ccc(N(c2ccc3ccccc3c2)c2cccc3ccc4ccc5c6ccccc6ccc5c4c23)cc1. The summed E-state index contributed by atoms with van der Waals surface area (Å²) in [5.74, 6) is 0. The van der Waals surface area contributed by atoms with Crippen LogP contribution in [0.1, 0.15) is 0 Å². The first-order valence-electron chi connectivity index (χ1n) is 13.5. The third-order valence-electron chi connectivity index (χ3n) is 7.97. The molecule has 1 heteroatoms. The lowest BCUT2D eigenvalue weighted by Crippen LogP contribution is -2.10. The van der Waals surface area contributed by atoms with Crippen LogP contribution in [-0.4, -0.2) is 0 Å². The lowest BCUT2D eigenvalue weighted by atomic mass is 9.92. The largest absolute Gasteiger partial charge is 0.310 e. The molecule has 0 saturated heterocycles. The van der Waals surface area contributed by atoms with E-state index in [4.69, 9.17) is 0 Å². The van der Waals surface area contributed by atoms with Crippen molar-refractivity contribution in [1.29, 1.82) is 0 Å². The van der Waals surface area contributed by atoms with Gasteiger partial charge in [0.25, 0.3) is 0 Å². The van der Waals surface area contributed by atoms with Crippen molar-refractivity contribution in [1.82, 2.24) is 0 Å². The molecular formula is C38H25N. The number of hydrogen-bond acceptors (Lipinski definition) is 1. The molecule has 0 unspecified atom stereocenters. The van der Waals surface area contributed by atoms with Crippen molar-refractivity contribution in [2.75, 3.05) is 4.90 Å². The fourth-order valence-corrected chi connectivity index (χ4v) is 6.18. The third kappa shape index (κ3) is 3.48. The molecule has 8 rings (SSSR count). The highest BCUT2D eigenvalue weighted by atomic mass is 15.1. The summed E-state index contributed by atoms with van der Waals surface area (Å²) < 4.78 is 0. The van der Waals surface area contributed by atoms with Gasteiger partial charge in [0.1, 0.15) is 0 Å². The number of para-hydroxylation sites is 1. The average molecular weight is 496 g/mol. The molecule has 0 fully saturated rings. The molecule has 0 atom stereocenters. The Morgan fingerprint density at radius 2 is 0.923 bits per heavy atom. The van der Waals surface area contributed by atoms with Gasteiger partial charge in [0.2, 0.25) is 0 Å². The van der Waals surface area contributed by atoms with Crippen molar-refractivity contribution in [2.24, 2.45) is 0 Å². The lowest BCUT2D eigenvalue weighted by molar-refractivity contribution is 1.31. The Bertz CT molecular complexity index is 2180. The Labute approximate surface area is 227 Å². The van der Waals surface area contributed by atoms with Crippen LogP contribution >= 0.6 is 0 Å². The first-order valence-corrected chi connectivity index (χ1v) is 13.5. The standard InChI is InChI=1S/C38H25N/c1-2-13-31(14-3-1)39(32-22-19-26-9-4-5-11-30(26)25-32)36-16-8-12-28-17-18-29-21-23-34-33-15-7-6-10-27(33)20-24-35(34)37(29)38(28)36/h1-25H. The minimum atomic E-state index is 1.14. The van der Waals surface area contributed by atoms with Crippen molar-refractivity contribution in [3.8, 4) is 0 Å². The van der Waals surface area contributed by atoms with Crippen LogP contribution in [0.5, 0.6) is 0 Å². The molecule has 0 spiro atoms. The number of anilines is 3. The highest BCUT2D eigenvalue weighted by Crippen LogP contribution is 2.44. The van der Waals surface area contributed by atoms with Crippen LogP contribution in [0.2, 0.25) is 0 Å². The highest BCUT2D eigenvalue weighted by Gasteiger charge is 2.18. The maximum Gasteiger partial charge on any atom is 0.0546 e. The number of hydrogen-bond donors (Lipinski definition) is 0. The Morgan fingerprint density at radius 3 is 1.79 bits per heavy atom. The zero-order chi connectivity index (χ0) is 25.8. The monoisotopic (exact) mass is 495 g/mol. The van der Waals surface area contributed by atoms with Crippen LogP contribution < -0.4 is 4.90 Å². The van der Waals surface area contributed by atoms with Crippen LogP contribution in [0.25, 0.3) is 53.9 Å². The van der Waals surface area contributed by atoms with E-state index < -0.39 is 0 Å². The maximum absolute atomic E-state index is 2.41. The van der Waals surface area contributed by atoms with Crippen LogP contribution in [-0.2, 0) is 0 Å². The summed E-state index contributed by atoms with van der Waals surface area (Å²) in [5, 5.41) is 12.7. The molecular weight excluding hydrogens is 470 g/mol. The van der Waals surface area contributed by atoms with Crippen LogP contribution in [0, 0.1) is 0 Å². The minimum Gasteiger partial charge on any atom is -0.310 e. The van der Waals surface area contributed by atoms with Gasteiger partial charge >= 0.3 is 0 Å². The topological polar surface area (TPSA) is 3.24 Å². The first-order chi connectivity index (χ1) is 19.3. The van der Waals surface area contributed by atoms with Gasteiger partial charge in [0.05, 0.1) is 5.69 Å². The predicted octanol–water partition coefficient (Wildman–Crippen LogP) is 10.9. The normalized spacial score (nSPS) is 11.6. The molecule has 0 aliphatic heterocycles. The van der Waals surface area contributed by atoms with E-state index in [2.05, 4.69) is 157 Å². The Hall–Kier alpha value is -5.14. The number of rotatable bonds is 3. The van der Waals surface area contributed by atoms with Crippen molar-refractivity contribution >= 4 is 70.9 Å². The van der Waals surface area contributed by atoms with Gasteiger partial charge in [0.15, 0.2) is 0 Å². The second-order valence-corrected chi connectivity index (χ2v) is 10.2. The van der Waals surface area contributed by atoms with E-state index in [9.17, 15) is 0 Å². The Balaban J connectivity index is 1.51. The van der Waals surface area contributed by atoms with E-state index in [0.717, 1.165) is 11.4 Å². The van der Waals surface area contributed by atoms with Crippen molar-refractivity contribution in [2.45, 2.75) is 0 Å². The summed E-state index contributed by atoms with van der Waals surface area (Å²) in [6.07, 6.45) is 0. The number of fused-ring (bicyclic) bond motifs is 8. The van der Waals surface area contributed by atoms with Crippen LogP contribution in [0.3, 0.4) is 0 Å². The van der Waals surface area contributed by atoms with Gasteiger partial charge < -0.3 is 4.90 Å². The van der Waals surface area contributed by atoms with E-state index in [1.807, 2.05) is 0 Å². The summed E-state index contributed by atoms with van der Waals surface area (Å²) in [6, 6.07) is 55.1. The molecule has 0 radical (unpaired) electrons. The quantitative estimate of drug-likeness (QED) is 0.220. The molecule has 0 bridgehead atoms. The summed E-state index contributed by atoms with van der Waals surface area (Å²) in [7, 11) is 0. The van der Waals surface area contributed by atoms with Crippen molar-refractivity contribution < 1.29 is 0 Å². The zero-order valence-electron chi connectivity index (χ0n) is 21.4. The summed E-state index contributed by atoms with van der Waals surface area (Å²) in [6.45, 7) is 0. The van der Waals surface area contributed by atoms with E-state index >= 15 is 0 Å². The minimum absolute atomic E-state index is 1.14. The van der Waals surface area contributed by atoms with E-state index in [1.54, 1.807) is 0 Å². The lowest BCUT2D eigenvalue weighted by Gasteiger charge is -2.28. The van der Waals surface area contributed by atoms with Crippen molar-refractivity contribution in [3.05, 3.63) is 152 Å². The number of benzene rings is 8. The smallest absolute Gasteiger partial charge is 0.0546 e. The van der Waals surface area contributed by atoms with Gasteiger partial charge in [-0.3, -0.25) is 0 Å². The maximum atomic E-state index is 2.41. The third-order valence-corrected chi connectivity index (χ3v) is 7.97. The molecule has 8 aromatic rings. The Morgan fingerprint density at radius 1 is 0.308 bits per heavy atom. The molecule has 0 aromatic heterocycles. The first kappa shape index (κ1) is 21.9. The molecule has 0 saturated carbocycles. The second-order valence-electron chi connectivity index (χ2n) is 10.2. The van der Waals surface area contributed by atoms with Gasteiger partial charge in [-0.1, -0.05) is 121 Å². The van der Waals surface area contributed by atoms with E-state index in [1.165, 1.54) is 59.5 Å². The van der Waals surface area contributed by atoms with Gasteiger partial charge in [-0.05, 0) is 78.8 Å². The molecule has 182 valence electrons. The molecule has 0 amide bonds.